The Balaban J connectivity index is 2.11. The van der Waals surface area contributed by atoms with Crippen LogP contribution in [0.4, 0.5) is 8.78 Å². The Hall–Kier alpha value is -2.28. The van der Waals surface area contributed by atoms with Crippen molar-refractivity contribution < 1.29 is 23.0 Å². The molecule has 0 N–H and O–H groups in total. The van der Waals surface area contributed by atoms with Gasteiger partial charge in [-0.2, -0.15) is 9.49 Å². The van der Waals surface area contributed by atoms with E-state index >= 15 is 0 Å². The molecule has 0 saturated carbocycles. The first kappa shape index (κ1) is 16.6. The van der Waals surface area contributed by atoms with Gasteiger partial charge in [-0.1, -0.05) is 12.1 Å². The van der Waals surface area contributed by atoms with Gasteiger partial charge in [-0.15, -0.1) is 0 Å². The van der Waals surface area contributed by atoms with Crippen LogP contribution in [0.25, 0.3) is 17.0 Å². The van der Waals surface area contributed by atoms with Crippen LogP contribution in [0.3, 0.4) is 0 Å². The summed E-state index contributed by atoms with van der Waals surface area (Å²) < 4.78 is 40.1. The van der Waals surface area contributed by atoms with Crippen LogP contribution in [0, 0.1) is 12.7 Å². The molecule has 1 unspecified atom stereocenters. The third kappa shape index (κ3) is 2.91. The molecule has 0 bridgehead atoms. The predicted molar refractivity (Wildman–Crippen MR) is 84.4 cm³/mol. The first-order valence-corrected chi connectivity index (χ1v) is 7.77. The van der Waals surface area contributed by atoms with E-state index in [1.54, 1.807) is 13.0 Å². The molecule has 24 heavy (non-hydrogen) atoms. The van der Waals surface area contributed by atoms with Crippen molar-refractivity contribution in [1.82, 2.24) is 9.78 Å². The van der Waals surface area contributed by atoms with Gasteiger partial charge in [-0.25, -0.2) is 13.9 Å². The van der Waals surface area contributed by atoms with E-state index in [0.717, 1.165) is 32.4 Å². The Morgan fingerprint density at radius 2 is 2.25 bits per heavy atom. The normalized spacial score (nSPS) is 18.8. The first-order valence-electron chi connectivity index (χ1n) is 7.77. The van der Waals surface area contributed by atoms with Gasteiger partial charge in [0.25, 0.3) is 0 Å². The number of rotatable bonds is 3. The molecule has 1 saturated heterocycles. The van der Waals surface area contributed by atoms with Crippen LogP contribution in [-0.4, -0.2) is 29.5 Å². The van der Waals surface area contributed by atoms with E-state index in [0.29, 0.717) is 17.7 Å². The maximum Gasteiger partial charge on any atom is 0.366 e. The van der Waals surface area contributed by atoms with Crippen molar-refractivity contribution in [3.63, 3.8) is 0 Å². The van der Waals surface area contributed by atoms with E-state index in [-0.39, 0.29) is 17.3 Å². The van der Waals surface area contributed by atoms with Gasteiger partial charge < -0.3 is 9.47 Å². The number of ether oxygens (including phenoxy) is 2. The van der Waals surface area contributed by atoms with E-state index in [4.69, 9.17) is 4.74 Å². The average Bonchev–Trinajstić information content (AvgIpc) is 2.95. The predicted octanol–water partition coefficient (Wildman–Crippen LogP) is 3.67. The quantitative estimate of drug-likeness (QED) is 0.634. The standard InChI is InChI=1S/C17H18F2N2O3/c1-10-12-7-6-11(9-13(18)17(22)23-2)15(19)16(12)21(20-10)14-5-3-4-8-24-14/h6-7,9,14H,3-5,8H2,1-2H3/b13-9-. The van der Waals surface area contributed by atoms with Crippen molar-refractivity contribution in [1.29, 1.82) is 0 Å². The molecule has 1 atom stereocenters. The highest BCUT2D eigenvalue weighted by Crippen LogP contribution is 2.31. The highest BCUT2D eigenvalue weighted by atomic mass is 19.1. The summed E-state index contributed by atoms with van der Waals surface area (Å²) in [5, 5.41) is 5.03. The molecule has 1 aromatic heterocycles. The van der Waals surface area contributed by atoms with Gasteiger partial charge in [0.15, 0.2) is 12.0 Å². The molecule has 0 radical (unpaired) electrons. The fraction of sp³-hybridized carbons (Fsp3) is 0.412. The van der Waals surface area contributed by atoms with E-state index in [1.807, 2.05) is 0 Å². The molecule has 3 rings (SSSR count). The van der Waals surface area contributed by atoms with Gasteiger partial charge in [-0.05, 0) is 32.3 Å². The number of esters is 1. The van der Waals surface area contributed by atoms with Gasteiger partial charge in [0.05, 0.1) is 12.8 Å². The molecule has 2 aromatic rings. The Morgan fingerprint density at radius 1 is 1.46 bits per heavy atom. The highest BCUT2D eigenvalue weighted by molar-refractivity contribution is 5.92. The SMILES string of the molecule is COC(=O)/C(F)=C/c1ccc2c(C)nn(C3CCCCO3)c2c1F. The molecule has 0 spiro atoms. The van der Waals surface area contributed by atoms with Gasteiger partial charge in [0.1, 0.15) is 5.52 Å². The van der Waals surface area contributed by atoms with Crippen molar-refractivity contribution in [2.75, 3.05) is 13.7 Å². The van der Waals surface area contributed by atoms with Gasteiger partial charge in [0.2, 0.25) is 5.83 Å². The Morgan fingerprint density at radius 3 is 2.92 bits per heavy atom. The number of methoxy groups -OCH3 is 1. The largest absolute Gasteiger partial charge is 0.464 e. The lowest BCUT2D eigenvalue weighted by Gasteiger charge is -2.23. The van der Waals surface area contributed by atoms with Crippen molar-refractivity contribution >= 4 is 22.9 Å². The number of hydrogen-bond donors (Lipinski definition) is 0. The summed E-state index contributed by atoms with van der Waals surface area (Å²) in [6, 6.07) is 3.08. The van der Waals surface area contributed by atoms with Crippen molar-refractivity contribution in [3.05, 3.63) is 35.0 Å². The van der Waals surface area contributed by atoms with Crippen LogP contribution in [0.5, 0.6) is 0 Å². The number of fused-ring (bicyclic) bond motifs is 1. The fourth-order valence-electron chi connectivity index (χ4n) is 2.89. The van der Waals surface area contributed by atoms with Crippen LogP contribution >= 0.6 is 0 Å². The minimum absolute atomic E-state index is 0.0395. The molecule has 0 aliphatic carbocycles. The minimum atomic E-state index is -1.16. The number of nitrogens with zero attached hydrogens (tertiary/aromatic N) is 2. The summed E-state index contributed by atoms with van der Waals surface area (Å²) >= 11 is 0. The first-order chi connectivity index (χ1) is 11.5. The maximum atomic E-state index is 14.9. The number of carbonyl (C=O) groups is 1. The third-order valence-corrected chi connectivity index (χ3v) is 4.11. The van der Waals surface area contributed by atoms with E-state index < -0.39 is 17.6 Å². The molecular formula is C17H18F2N2O3. The maximum absolute atomic E-state index is 14.9. The van der Waals surface area contributed by atoms with Crippen molar-refractivity contribution in [3.8, 4) is 0 Å². The van der Waals surface area contributed by atoms with Gasteiger partial charge in [0, 0.05) is 17.6 Å². The molecule has 1 aliphatic rings. The average molecular weight is 336 g/mol. The zero-order chi connectivity index (χ0) is 17.3. The van der Waals surface area contributed by atoms with E-state index in [9.17, 15) is 13.6 Å². The number of aromatic nitrogens is 2. The number of hydrogen-bond acceptors (Lipinski definition) is 4. The second-order valence-electron chi connectivity index (χ2n) is 5.70. The number of carbonyl (C=O) groups excluding carboxylic acids is 1. The number of halogens is 2. The lowest BCUT2D eigenvalue weighted by atomic mass is 10.1. The van der Waals surface area contributed by atoms with Crippen LogP contribution in [0.1, 0.15) is 36.7 Å². The highest BCUT2D eigenvalue weighted by Gasteiger charge is 2.23. The molecule has 0 amide bonds. The lowest BCUT2D eigenvalue weighted by molar-refractivity contribution is -0.137. The van der Waals surface area contributed by atoms with Crippen molar-refractivity contribution in [2.45, 2.75) is 32.4 Å². The van der Waals surface area contributed by atoms with Crippen LogP contribution < -0.4 is 0 Å². The van der Waals surface area contributed by atoms with Crippen LogP contribution in [0.2, 0.25) is 0 Å². The second-order valence-corrected chi connectivity index (χ2v) is 5.70. The van der Waals surface area contributed by atoms with Crippen LogP contribution in [-0.2, 0) is 14.3 Å². The van der Waals surface area contributed by atoms with Gasteiger partial charge >= 0.3 is 5.97 Å². The molecule has 1 aromatic carbocycles. The fourth-order valence-corrected chi connectivity index (χ4v) is 2.89. The van der Waals surface area contributed by atoms with E-state index in [1.165, 1.54) is 10.7 Å². The summed E-state index contributed by atoms with van der Waals surface area (Å²) in [5.74, 6) is -2.94. The molecular weight excluding hydrogens is 318 g/mol. The summed E-state index contributed by atoms with van der Waals surface area (Å²) in [4.78, 5) is 11.2. The molecule has 5 nitrogen and oxygen atoms in total. The van der Waals surface area contributed by atoms with Crippen LogP contribution in [0.15, 0.2) is 18.0 Å². The zero-order valence-electron chi connectivity index (χ0n) is 13.5. The van der Waals surface area contributed by atoms with E-state index in [2.05, 4.69) is 9.84 Å². The molecule has 7 heteroatoms. The monoisotopic (exact) mass is 336 g/mol. The van der Waals surface area contributed by atoms with Gasteiger partial charge in [-0.3, -0.25) is 0 Å². The second kappa shape index (κ2) is 6.68. The lowest BCUT2D eigenvalue weighted by Crippen LogP contribution is -2.19. The summed E-state index contributed by atoms with van der Waals surface area (Å²) in [6.07, 6.45) is 3.18. The number of benzene rings is 1. The molecule has 1 fully saturated rings. The smallest absolute Gasteiger partial charge is 0.366 e. The Kier molecular flexibility index (Phi) is 4.62. The van der Waals surface area contributed by atoms with Crippen molar-refractivity contribution in [2.24, 2.45) is 0 Å². The summed E-state index contributed by atoms with van der Waals surface area (Å²) in [7, 11) is 1.06. The topological polar surface area (TPSA) is 53.3 Å². The third-order valence-electron chi connectivity index (χ3n) is 4.11. The zero-order valence-corrected chi connectivity index (χ0v) is 13.5. The Labute approximate surface area is 137 Å². The number of aryl methyl sites for hydroxylation is 1. The molecule has 1 aliphatic heterocycles. The summed E-state index contributed by atoms with van der Waals surface area (Å²) in [5.41, 5.74) is 0.884. The Bertz CT molecular complexity index is 808. The summed E-state index contributed by atoms with van der Waals surface area (Å²) in [6.45, 7) is 2.38. The molecule has 2 heterocycles. The minimum Gasteiger partial charge on any atom is -0.464 e. The molecule has 128 valence electrons.